The van der Waals surface area contributed by atoms with E-state index in [0.29, 0.717) is 12.5 Å². The summed E-state index contributed by atoms with van der Waals surface area (Å²) in [5.41, 5.74) is 0.865. The standard InChI is InChI=1S/C18H22N2O2S/c21-17(20-9-3-6-13-5-1-2-7-15(13)20)11-14-12-23-18(19-14)16-8-4-10-22-16/h4,8,10,12-13,15H,1-3,5-7,9,11H2/t13-,15+/m0/s1. The van der Waals surface area contributed by atoms with E-state index in [9.17, 15) is 4.79 Å². The Balaban J connectivity index is 1.45. The Labute approximate surface area is 140 Å². The van der Waals surface area contributed by atoms with Crippen LogP contribution < -0.4 is 0 Å². The maximum atomic E-state index is 12.8. The van der Waals surface area contributed by atoms with E-state index in [0.717, 1.165) is 35.3 Å². The van der Waals surface area contributed by atoms with Gasteiger partial charge in [-0.2, -0.15) is 0 Å². The van der Waals surface area contributed by atoms with Crippen molar-refractivity contribution >= 4 is 17.2 Å². The van der Waals surface area contributed by atoms with Gasteiger partial charge < -0.3 is 9.32 Å². The molecular weight excluding hydrogens is 308 g/mol. The second-order valence-electron chi connectivity index (χ2n) is 6.64. The number of likely N-dealkylation sites (tertiary alicyclic amines) is 1. The summed E-state index contributed by atoms with van der Waals surface area (Å²) >= 11 is 1.54. The fourth-order valence-corrected chi connectivity index (χ4v) is 4.88. The van der Waals surface area contributed by atoms with Crippen molar-refractivity contribution in [2.45, 2.75) is 51.0 Å². The highest BCUT2D eigenvalue weighted by Crippen LogP contribution is 2.35. The number of hydrogen-bond donors (Lipinski definition) is 0. The zero-order chi connectivity index (χ0) is 15.6. The predicted octanol–water partition coefficient (Wildman–Crippen LogP) is 4.13. The van der Waals surface area contributed by atoms with Gasteiger partial charge in [0.25, 0.3) is 0 Å². The predicted molar refractivity (Wildman–Crippen MR) is 90.2 cm³/mol. The summed E-state index contributed by atoms with van der Waals surface area (Å²) in [7, 11) is 0. The molecule has 1 saturated carbocycles. The van der Waals surface area contributed by atoms with E-state index in [2.05, 4.69) is 9.88 Å². The van der Waals surface area contributed by atoms with Crippen molar-refractivity contribution in [1.29, 1.82) is 0 Å². The first-order valence-corrected chi connectivity index (χ1v) is 9.47. The second kappa shape index (κ2) is 6.48. The molecule has 4 nitrogen and oxygen atoms in total. The molecule has 3 heterocycles. The van der Waals surface area contributed by atoms with Gasteiger partial charge in [-0.15, -0.1) is 11.3 Å². The van der Waals surface area contributed by atoms with Crippen molar-refractivity contribution in [1.82, 2.24) is 9.88 Å². The number of rotatable bonds is 3. The van der Waals surface area contributed by atoms with Crippen molar-refractivity contribution in [3.63, 3.8) is 0 Å². The van der Waals surface area contributed by atoms with E-state index in [1.807, 2.05) is 17.5 Å². The van der Waals surface area contributed by atoms with Gasteiger partial charge in [-0.1, -0.05) is 12.8 Å². The summed E-state index contributed by atoms with van der Waals surface area (Å²) in [5, 5.41) is 2.84. The molecule has 0 radical (unpaired) electrons. The van der Waals surface area contributed by atoms with Gasteiger partial charge in [0.05, 0.1) is 18.4 Å². The maximum absolute atomic E-state index is 12.8. The third-order valence-electron chi connectivity index (χ3n) is 5.18. The lowest BCUT2D eigenvalue weighted by molar-refractivity contribution is -0.136. The monoisotopic (exact) mass is 330 g/mol. The van der Waals surface area contributed by atoms with Crippen LogP contribution in [0.1, 0.15) is 44.2 Å². The number of hydrogen-bond acceptors (Lipinski definition) is 4. The van der Waals surface area contributed by atoms with E-state index in [-0.39, 0.29) is 5.91 Å². The summed E-state index contributed by atoms with van der Waals surface area (Å²) in [5.74, 6) is 1.76. The van der Waals surface area contributed by atoms with Gasteiger partial charge in [-0.3, -0.25) is 4.79 Å². The third kappa shape index (κ3) is 3.07. The smallest absolute Gasteiger partial charge is 0.228 e. The highest BCUT2D eigenvalue weighted by molar-refractivity contribution is 7.13. The maximum Gasteiger partial charge on any atom is 0.228 e. The molecule has 4 rings (SSSR count). The lowest BCUT2D eigenvalue weighted by atomic mass is 9.78. The molecule has 0 bridgehead atoms. The van der Waals surface area contributed by atoms with Gasteiger partial charge in [0, 0.05) is 18.0 Å². The quantitative estimate of drug-likeness (QED) is 0.850. The highest BCUT2D eigenvalue weighted by Gasteiger charge is 2.35. The first-order valence-electron chi connectivity index (χ1n) is 8.59. The number of nitrogens with zero attached hydrogens (tertiary/aromatic N) is 2. The minimum absolute atomic E-state index is 0.248. The Morgan fingerprint density at radius 3 is 3.04 bits per heavy atom. The molecule has 2 aromatic rings. The van der Waals surface area contributed by atoms with Gasteiger partial charge in [-0.25, -0.2) is 4.98 Å². The number of piperidine rings is 1. The van der Waals surface area contributed by atoms with Crippen molar-refractivity contribution in [3.05, 3.63) is 29.5 Å². The summed E-state index contributed by atoms with van der Waals surface area (Å²) < 4.78 is 5.38. The minimum atomic E-state index is 0.248. The SMILES string of the molecule is O=C(Cc1csc(-c2ccco2)n1)N1CCC[C@@H]2CCCC[C@H]21. The summed E-state index contributed by atoms with van der Waals surface area (Å²) in [6, 6.07) is 4.24. The van der Waals surface area contributed by atoms with Crippen LogP contribution in [0.4, 0.5) is 0 Å². The highest BCUT2D eigenvalue weighted by atomic mass is 32.1. The van der Waals surface area contributed by atoms with Crippen LogP contribution in [0.25, 0.3) is 10.8 Å². The minimum Gasteiger partial charge on any atom is -0.462 e. The van der Waals surface area contributed by atoms with Crippen LogP contribution in [0, 0.1) is 5.92 Å². The molecule has 1 amide bonds. The zero-order valence-electron chi connectivity index (χ0n) is 13.2. The molecule has 23 heavy (non-hydrogen) atoms. The average Bonchev–Trinajstić information content (AvgIpc) is 3.25. The molecule has 0 N–H and O–H groups in total. The molecule has 0 aromatic carbocycles. The molecule has 2 atom stereocenters. The van der Waals surface area contributed by atoms with Crippen molar-refractivity contribution in [3.8, 4) is 10.8 Å². The molecular formula is C18H22N2O2S. The summed E-state index contributed by atoms with van der Waals surface area (Å²) in [4.78, 5) is 19.5. The number of amides is 1. The molecule has 0 spiro atoms. The molecule has 1 aliphatic heterocycles. The topological polar surface area (TPSA) is 46.3 Å². The van der Waals surface area contributed by atoms with Gasteiger partial charge in [0.15, 0.2) is 10.8 Å². The molecule has 0 unspecified atom stereocenters. The summed E-state index contributed by atoms with van der Waals surface area (Å²) in [6.45, 7) is 0.926. The van der Waals surface area contributed by atoms with Crippen molar-refractivity contribution < 1.29 is 9.21 Å². The molecule has 2 aromatic heterocycles. The first-order chi connectivity index (χ1) is 11.3. The van der Waals surface area contributed by atoms with E-state index in [1.165, 1.54) is 32.1 Å². The Hall–Kier alpha value is -1.62. The van der Waals surface area contributed by atoms with E-state index < -0.39 is 0 Å². The molecule has 2 aliphatic rings. The van der Waals surface area contributed by atoms with Gasteiger partial charge >= 0.3 is 0 Å². The number of fused-ring (bicyclic) bond motifs is 1. The van der Waals surface area contributed by atoms with Gasteiger partial charge in [-0.05, 0) is 43.7 Å². The Kier molecular flexibility index (Phi) is 4.21. The van der Waals surface area contributed by atoms with Gasteiger partial charge in [0.1, 0.15) is 0 Å². The normalized spacial score (nSPS) is 24.4. The van der Waals surface area contributed by atoms with E-state index >= 15 is 0 Å². The van der Waals surface area contributed by atoms with E-state index in [1.54, 1.807) is 17.6 Å². The van der Waals surface area contributed by atoms with Crippen LogP contribution in [0.15, 0.2) is 28.2 Å². The fraction of sp³-hybridized carbons (Fsp3) is 0.556. The first kappa shape index (κ1) is 14.9. The van der Waals surface area contributed by atoms with Crippen LogP contribution in [0.2, 0.25) is 0 Å². The fourth-order valence-electron chi connectivity index (χ4n) is 4.09. The van der Waals surface area contributed by atoms with Crippen molar-refractivity contribution in [2.75, 3.05) is 6.54 Å². The molecule has 5 heteroatoms. The molecule has 1 saturated heterocycles. The number of thiazole rings is 1. The number of carbonyl (C=O) groups excluding carboxylic acids is 1. The third-order valence-corrected chi connectivity index (χ3v) is 6.09. The molecule has 2 fully saturated rings. The van der Waals surface area contributed by atoms with Crippen LogP contribution >= 0.6 is 11.3 Å². The summed E-state index contributed by atoms with van der Waals surface area (Å²) in [6.07, 6.45) is 9.61. The van der Waals surface area contributed by atoms with Crippen LogP contribution in [-0.4, -0.2) is 28.4 Å². The lowest BCUT2D eigenvalue weighted by Crippen LogP contribution is -2.50. The van der Waals surface area contributed by atoms with Crippen LogP contribution in [-0.2, 0) is 11.2 Å². The number of furan rings is 1. The average molecular weight is 330 g/mol. The van der Waals surface area contributed by atoms with Crippen LogP contribution in [0.5, 0.6) is 0 Å². The molecule has 122 valence electrons. The van der Waals surface area contributed by atoms with Crippen LogP contribution in [0.3, 0.4) is 0 Å². The zero-order valence-corrected chi connectivity index (χ0v) is 14.1. The Morgan fingerprint density at radius 2 is 2.17 bits per heavy atom. The Bertz CT molecular complexity index is 662. The number of carbonyl (C=O) groups is 1. The van der Waals surface area contributed by atoms with E-state index in [4.69, 9.17) is 4.42 Å². The largest absolute Gasteiger partial charge is 0.462 e. The van der Waals surface area contributed by atoms with Gasteiger partial charge in [0.2, 0.25) is 5.91 Å². The lowest BCUT2D eigenvalue weighted by Gasteiger charge is -2.44. The number of aromatic nitrogens is 1. The molecule has 1 aliphatic carbocycles. The second-order valence-corrected chi connectivity index (χ2v) is 7.50. The van der Waals surface area contributed by atoms with Crippen molar-refractivity contribution in [2.24, 2.45) is 5.92 Å². The Morgan fingerprint density at radius 1 is 1.30 bits per heavy atom.